The van der Waals surface area contributed by atoms with Gasteiger partial charge >= 0.3 is 12.1 Å². The quantitative estimate of drug-likeness (QED) is 0.866. The zero-order chi connectivity index (χ0) is 16.5. The number of carboxylic acid groups (broad SMARTS) is 1. The SMILES string of the molecule is O=C(O)[C@@H]1C[C@H]1C(=O)Nc1cc(Cl)ccc1OCC(F)(F)F. The lowest BCUT2D eigenvalue weighted by molar-refractivity contribution is -0.153. The van der Waals surface area contributed by atoms with Crippen LogP contribution >= 0.6 is 11.6 Å². The van der Waals surface area contributed by atoms with E-state index in [-0.39, 0.29) is 22.9 Å². The second kappa shape index (κ2) is 6.04. The third-order valence-electron chi connectivity index (χ3n) is 3.04. The number of carbonyl (C=O) groups is 2. The number of hydrogen-bond donors (Lipinski definition) is 2. The van der Waals surface area contributed by atoms with E-state index in [9.17, 15) is 22.8 Å². The number of anilines is 1. The van der Waals surface area contributed by atoms with Gasteiger partial charge in [-0.1, -0.05) is 11.6 Å². The Morgan fingerprint density at radius 1 is 1.36 bits per heavy atom. The van der Waals surface area contributed by atoms with Gasteiger partial charge in [0, 0.05) is 5.02 Å². The maximum absolute atomic E-state index is 12.2. The highest BCUT2D eigenvalue weighted by Crippen LogP contribution is 2.40. The van der Waals surface area contributed by atoms with Crippen LogP contribution in [0.3, 0.4) is 0 Å². The van der Waals surface area contributed by atoms with E-state index in [1.807, 2.05) is 0 Å². The van der Waals surface area contributed by atoms with Crippen LogP contribution in [0, 0.1) is 11.8 Å². The van der Waals surface area contributed by atoms with Crippen molar-refractivity contribution in [2.75, 3.05) is 11.9 Å². The molecule has 1 fully saturated rings. The van der Waals surface area contributed by atoms with Gasteiger partial charge in [0.25, 0.3) is 0 Å². The molecule has 2 N–H and O–H groups in total. The van der Waals surface area contributed by atoms with E-state index in [4.69, 9.17) is 16.7 Å². The maximum Gasteiger partial charge on any atom is 0.422 e. The van der Waals surface area contributed by atoms with Crippen molar-refractivity contribution in [2.24, 2.45) is 11.8 Å². The molecule has 0 radical (unpaired) electrons. The third kappa shape index (κ3) is 4.27. The Morgan fingerprint density at radius 2 is 2.05 bits per heavy atom. The monoisotopic (exact) mass is 337 g/mol. The van der Waals surface area contributed by atoms with Gasteiger partial charge in [0.15, 0.2) is 6.61 Å². The number of ether oxygens (including phenoxy) is 1. The van der Waals surface area contributed by atoms with E-state index in [0.29, 0.717) is 0 Å². The van der Waals surface area contributed by atoms with Gasteiger partial charge in [0.1, 0.15) is 5.75 Å². The van der Waals surface area contributed by atoms with Crippen molar-refractivity contribution in [1.29, 1.82) is 0 Å². The summed E-state index contributed by atoms with van der Waals surface area (Å²) in [5.74, 6) is -3.33. The zero-order valence-corrected chi connectivity index (χ0v) is 11.7. The summed E-state index contributed by atoms with van der Waals surface area (Å²) in [6.45, 7) is -1.52. The van der Waals surface area contributed by atoms with Crippen LogP contribution in [-0.2, 0) is 9.59 Å². The first-order chi connectivity index (χ1) is 10.2. The van der Waals surface area contributed by atoms with Gasteiger partial charge < -0.3 is 15.2 Å². The number of carboxylic acids is 1. The van der Waals surface area contributed by atoms with E-state index < -0.39 is 36.5 Å². The minimum Gasteiger partial charge on any atom is -0.482 e. The van der Waals surface area contributed by atoms with Crippen LogP contribution in [0.15, 0.2) is 18.2 Å². The van der Waals surface area contributed by atoms with Gasteiger partial charge in [-0.3, -0.25) is 9.59 Å². The van der Waals surface area contributed by atoms with Crippen molar-refractivity contribution < 1.29 is 32.6 Å². The van der Waals surface area contributed by atoms with Crippen molar-refractivity contribution in [3.05, 3.63) is 23.2 Å². The first kappa shape index (κ1) is 16.4. The first-order valence-corrected chi connectivity index (χ1v) is 6.58. The second-order valence-corrected chi connectivity index (χ2v) is 5.26. The zero-order valence-electron chi connectivity index (χ0n) is 11.0. The highest BCUT2D eigenvalue weighted by atomic mass is 35.5. The molecule has 1 aliphatic carbocycles. The molecule has 0 saturated heterocycles. The standard InChI is InChI=1S/C13H11ClF3NO4/c14-6-1-2-10(22-5-13(15,16)17)9(3-6)18-11(19)7-4-8(7)12(20)21/h1-3,7-8H,4-5H2,(H,18,19)(H,20,21)/t7-,8-/m1/s1. The highest BCUT2D eigenvalue weighted by Gasteiger charge is 2.48. The first-order valence-electron chi connectivity index (χ1n) is 6.20. The molecule has 0 bridgehead atoms. The molecule has 0 unspecified atom stereocenters. The summed E-state index contributed by atoms with van der Waals surface area (Å²) in [5.41, 5.74) is -0.0298. The van der Waals surface area contributed by atoms with Crippen molar-refractivity contribution in [1.82, 2.24) is 0 Å². The molecule has 1 aliphatic rings. The average molecular weight is 338 g/mol. The molecule has 1 aromatic carbocycles. The van der Waals surface area contributed by atoms with Gasteiger partial charge in [0.05, 0.1) is 17.5 Å². The third-order valence-corrected chi connectivity index (χ3v) is 3.27. The fourth-order valence-electron chi connectivity index (χ4n) is 1.87. The largest absolute Gasteiger partial charge is 0.482 e. The van der Waals surface area contributed by atoms with Crippen molar-refractivity contribution in [3.63, 3.8) is 0 Å². The molecule has 22 heavy (non-hydrogen) atoms. The van der Waals surface area contributed by atoms with E-state index in [2.05, 4.69) is 10.1 Å². The summed E-state index contributed by atoms with van der Waals surface area (Å²) in [4.78, 5) is 22.6. The Labute approximate surface area is 128 Å². The molecular formula is C13H11ClF3NO4. The number of halogens is 4. The van der Waals surface area contributed by atoms with Crippen LogP contribution in [-0.4, -0.2) is 29.8 Å². The second-order valence-electron chi connectivity index (χ2n) is 4.82. The van der Waals surface area contributed by atoms with Gasteiger partial charge in [0.2, 0.25) is 5.91 Å². The summed E-state index contributed by atoms with van der Waals surface area (Å²) < 4.78 is 41.2. The molecule has 0 heterocycles. The van der Waals surface area contributed by atoms with Crippen molar-refractivity contribution >= 4 is 29.2 Å². The molecule has 0 aromatic heterocycles. The summed E-state index contributed by atoms with van der Waals surface area (Å²) in [6, 6.07) is 3.76. The molecule has 2 atom stereocenters. The van der Waals surface area contributed by atoms with Crippen LogP contribution in [0.5, 0.6) is 5.75 Å². The Kier molecular flexibility index (Phi) is 4.50. The van der Waals surface area contributed by atoms with Gasteiger partial charge in [-0.2, -0.15) is 13.2 Å². The molecular weight excluding hydrogens is 327 g/mol. The fourth-order valence-corrected chi connectivity index (χ4v) is 2.04. The smallest absolute Gasteiger partial charge is 0.422 e. The lowest BCUT2D eigenvalue weighted by atomic mass is 10.2. The van der Waals surface area contributed by atoms with Crippen LogP contribution in [0.4, 0.5) is 18.9 Å². The Hall–Kier alpha value is -1.96. The number of amides is 1. The van der Waals surface area contributed by atoms with Gasteiger partial charge in [-0.25, -0.2) is 0 Å². The molecule has 0 spiro atoms. The van der Waals surface area contributed by atoms with E-state index >= 15 is 0 Å². The van der Waals surface area contributed by atoms with Gasteiger partial charge in [-0.05, 0) is 24.6 Å². The summed E-state index contributed by atoms with van der Waals surface area (Å²) in [5, 5.41) is 11.3. The molecule has 5 nitrogen and oxygen atoms in total. The Morgan fingerprint density at radius 3 is 2.59 bits per heavy atom. The summed E-state index contributed by atoms with van der Waals surface area (Å²) in [7, 11) is 0. The lowest BCUT2D eigenvalue weighted by Gasteiger charge is -2.14. The average Bonchev–Trinajstić information content (AvgIpc) is 3.17. The molecule has 120 valence electrons. The summed E-state index contributed by atoms with van der Waals surface area (Å²) >= 11 is 5.74. The Bertz CT molecular complexity index is 605. The predicted octanol–water partition coefficient (Wildman–Crippen LogP) is 2.94. The Balaban J connectivity index is 2.07. The normalized spacial score (nSPS) is 20.4. The number of aliphatic carboxylic acids is 1. The lowest BCUT2D eigenvalue weighted by Crippen LogP contribution is -2.21. The minimum atomic E-state index is -4.52. The number of alkyl halides is 3. The van der Waals surface area contributed by atoms with Crippen LogP contribution in [0.1, 0.15) is 6.42 Å². The predicted molar refractivity (Wildman–Crippen MR) is 70.9 cm³/mol. The van der Waals surface area contributed by atoms with Crippen LogP contribution < -0.4 is 10.1 Å². The number of rotatable bonds is 5. The number of carbonyl (C=O) groups excluding carboxylic acids is 1. The van der Waals surface area contributed by atoms with Crippen LogP contribution in [0.2, 0.25) is 5.02 Å². The topological polar surface area (TPSA) is 75.6 Å². The van der Waals surface area contributed by atoms with Crippen molar-refractivity contribution in [2.45, 2.75) is 12.6 Å². The molecule has 1 amide bonds. The van der Waals surface area contributed by atoms with Crippen LogP contribution in [0.25, 0.3) is 0 Å². The van der Waals surface area contributed by atoms with E-state index in [1.165, 1.54) is 18.2 Å². The van der Waals surface area contributed by atoms with E-state index in [0.717, 1.165) is 0 Å². The molecule has 1 saturated carbocycles. The number of hydrogen-bond acceptors (Lipinski definition) is 3. The summed E-state index contributed by atoms with van der Waals surface area (Å²) in [6.07, 6.45) is -4.33. The molecule has 9 heteroatoms. The molecule has 0 aliphatic heterocycles. The van der Waals surface area contributed by atoms with E-state index in [1.54, 1.807) is 0 Å². The number of nitrogens with one attached hydrogen (secondary N) is 1. The minimum absolute atomic E-state index is 0.0298. The fraction of sp³-hybridized carbons (Fsp3) is 0.385. The molecule has 1 aromatic rings. The highest BCUT2D eigenvalue weighted by molar-refractivity contribution is 6.31. The maximum atomic E-state index is 12.2. The number of benzene rings is 1. The molecule has 2 rings (SSSR count). The van der Waals surface area contributed by atoms with Gasteiger partial charge in [-0.15, -0.1) is 0 Å². The van der Waals surface area contributed by atoms with Crippen molar-refractivity contribution in [3.8, 4) is 5.75 Å².